The maximum Gasteiger partial charge on any atom is 1.00 e. The monoisotopic (exact) mass is 321 g/mol. The fourth-order valence-corrected chi connectivity index (χ4v) is 4.19. The molecule has 0 aromatic rings. The summed E-state index contributed by atoms with van der Waals surface area (Å²) in [6.07, 6.45) is 2.55. The number of aliphatic hydroxyl groups is 1. The van der Waals surface area contributed by atoms with E-state index in [0.29, 0.717) is 11.3 Å². The van der Waals surface area contributed by atoms with Crippen molar-refractivity contribution < 1.29 is 49.4 Å². The number of carboxylic acid groups (broad SMARTS) is 1. The Hall–Kier alpha value is -0.0100. The Morgan fingerprint density at radius 3 is 2.62 bits per heavy atom. The zero-order valence-corrected chi connectivity index (χ0v) is 15.8. The molecule has 2 atom stereocenters. The van der Waals surface area contributed by atoms with Crippen LogP contribution in [0.25, 0.3) is 0 Å². The molecule has 1 N–H and O–H groups in total. The van der Waals surface area contributed by atoms with Crippen LogP contribution < -0.4 is 34.7 Å². The summed E-state index contributed by atoms with van der Waals surface area (Å²) in [6.45, 7) is 5.26. The molecular weight excluding hydrogens is 301 g/mol. The van der Waals surface area contributed by atoms with Crippen molar-refractivity contribution in [3.8, 4) is 0 Å². The summed E-state index contributed by atoms with van der Waals surface area (Å²) >= 11 is 1.49. The molecule has 2 unspecified atom stereocenters. The van der Waals surface area contributed by atoms with Crippen LogP contribution in [0.15, 0.2) is 10.6 Å². The maximum absolute atomic E-state index is 12.1. The minimum absolute atomic E-state index is 0. The first kappa shape index (κ1) is 19.0. The van der Waals surface area contributed by atoms with Gasteiger partial charge in [-0.25, -0.2) is 0 Å². The average Bonchev–Trinajstić information content (AvgIpc) is 2.62. The van der Waals surface area contributed by atoms with Gasteiger partial charge in [-0.2, -0.15) is 0 Å². The summed E-state index contributed by atoms with van der Waals surface area (Å²) in [7, 11) is 0. The summed E-state index contributed by atoms with van der Waals surface area (Å²) in [5.41, 5.74) is -1.11. The third kappa shape index (κ3) is 3.50. The topological polar surface area (TPSA) is 80.7 Å². The fraction of sp³-hybridized carbons (Fsp3) is 0.714. The quantitative estimate of drug-likeness (QED) is 0.332. The molecule has 0 bridgehead atoms. The van der Waals surface area contributed by atoms with Gasteiger partial charge in [0.2, 0.25) is 5.91 Å². The van der Waals surface area contributed by atoms with Gasteiger partial charge in [0.25, 0.3) is 0 Å². The second-order valence-corrected chi connectivity index (χ2v) is 7.06. The first-order valence-corrected chi connectivity index (χ1v) is 7.90. The number of thioether (sulfide) groups is 1. The van der Waals surface area contributed by atoms with Crippen LogP contribution in [0.2, 0.25) is 0 Å². The number of β-lactam (4-membered cyclic amide) rings is 1. The molecule has 5 nitrogen and oxygen atoms in total. The number of amides is 1. The minimum atomic E-state index is -1.30. The Bertz CT molecular complexity index is 472. The van der Waals surface area contributed by atoms with Crippen molar-refractivity contribution in [1.82, 2.24) is 4.90 Å². The second-order valence-electron chi connectivity index (χ2n) is 5.87. The van der Waals surface area contributed by atoms with Crippen molar-refractivity contribution >= 4 is 23.6 Å². The largest absolute Gasteiger partial charge is 1.00 e. The van der Waals surface area contributed by atoms with Crippen molar-refractivity contribution in [2.24, 2.45) is 5.92 Å². The molecule has 2 rings (SSSR count). The number of hydrogen-bond acceptors (Lipinski definition) is 5. The zero-order chi connectivity index (χ0) is 15.1. The molecule has 112 valence electrons. The molecular formula is C14H20NNaO4S. The summed E-state index contributed by atoms with van der Waals surface area (Å²) in [5.74, 6) is -1.30. The van der Waals surface area contributed by atoms with Gasteiger partial charge in [-0.05, 0) is 26.0 Å². The number of carbonyl (C=O) groups is 2. The van der Waals surface area contributed by atoms with Gasteiger partial charge in [0.15, 0.2) is 0 Å². The van der Waals surface area contributed by atoms with Crippen LogP contribution in [0.4, 0.5) is 0 Å². The van der Waals surface area contributed by atoms with Crippen molar-refractivity contribution in [3.05, 3.63) is 10.6 Å². The number of rotatable bonds is 6. The van der Waals surface area contributed by atoms with Crippen LogP contribution >= 0.6 is 11.8 Å². The van der Waals surface area contributed by atoms with Crippen molar-refractivity contribution in [1.29, 1.82) is 0 Å². The number of hydrogen-bond donors (Lipinski definition) is 1. The fourth-order valence-electron chi connectivity index (χ4n) is 2.90. The van der Waals surface area contributed by atoms with Gasteiger partial charge in [0.1, 0.15) is 0 Å². The molecule has 1 saturated heterocycles. The molecule has 0 aromatic carbocycles. The van der Waals surface area contributed by atoms with E-state index < -0.39 is 17.5 Å². The first-order valence-electron chi connectivity index (χ1n) is 6.91. The van der Waals surface area contributed by atoms with Crippen molar-refractivity contribution in [2.75, 3.05) is 5.75 Å². The molecule has 2 aliphatic rings. The van der Waals surface area contributed by atoms with E-state index in [1.54, 1.807) is 13.8 Å². The molecule has 0 spiro atoms. The molecule has 0 aliphatic carbocycles. The van der Waals surface area contributed by atoms with Crippen LogP contribution in [-0.4, -0.2) is 39.3 Å². The van der Waals surface area contributed by atoms with Gasteiger partial charge >= 0.3 is 29.6 Å². The average molecular weight is 321 g/mol. The van der Waals surface area contributed by atoms with E-state index >= 15 is 0 Å². The van der Waals surface area contributed by atoms with Crippen molar-refractivity contribution in [3.63, 3.8) is 0 Å². The molecule has 7 heteroatoms. The van der Waals surface area contributed by atoms with E-state index in [0.717, 1.165) is 18.6 Å². The third-order valence-corrected chi connectivity index (χ3v) is 5.05. The predicted octanol–water partition coefficient (Wildman–Crippen LogP) is -2.51. The van der Waals surface area contributed by atoms with Crippen molar-refractivity contribution in [2.45, 2.75) is 51.7 Å². The Balaban J connectivity index is 0.00000220. The van der Waals surface area contributed by atoms with Crippen LogP contribution in [0.5, 0.6) is 0 Å². The van der Waals surface area contributed by atoms with Gasteiger partial charge in [0, 0.05) is 11.3 Å². The van der Waals surface area contributed by atoms with Gasteiger partial charge in [-0.15, -0.1) is 11.8 Å². The number of carboxylic acids is 1. The zero-order valence-electron chi connectivity index (χ0n) is 13.0. The second kappa shape index (κ2) is 7.04. The predicted molar refractivity (Wildman–Crippen MR) is 74.4 cm³/mol. The van der Waals surface area contributed by atoms with E-state index in [2.05, 4.69) is 6.92 Å². The maximum atomic E-state index is 12.1. The normalized spacial score (nSPS) is 24.6. The molecule has 0 radical (unpaired) electrons. The minimum Gasteiger partial charge on any atom is -0.543 e. The van der Waals surface area contributed by atoms with Crippen LogP contribution in [-0.2, 0) is 9.59 Å². The number of unbranched alkanes of at least 4 members (excludes halogenated alkanes) is 1. The van der Waals surface area contributed by atoms with E-state index in [1.807, 2.05) is 0 Å². The summed E-state index contributed by atoms with van der Waals surface area (Å²) in [4.78, 5) is 25.4. The van der Waals surface area contributed by atoms with Crippen LogP contribution in [0.1, 0.15) is 40.0 Å². The van der Waals surface area contributed by atoms with E-state index in [1.165, 1.54) is 16.7 Å². The third-order valence-electron chi connectivity index (χ3n) is 3.85. The standard InChI is InChI=1S/C14H21NO4S.Na/c1-4-5-6-20-9-7-8-10(14(2,3)19)12(16)15(8)11(9)13(17)18;/h8,10,19H,4-7H2,1-3H3,(H,17,18);/q;+1/p-1. The summed E-state index contributed by atoms with van der Waals surface area (Å²) in [6, 6.07) is -0.237. The molecule has 2 aliphatic heterocycles. The van der Waals surface area contributed by atoms with E-state index in [9.17, 15) is 19.8 Å². The number of nitrogens with zero attached hydrogens (tertiary/aromatic N) is 1. The molecule has 0 saturated carbocycles. The van der Waals surface area contributed by atoms with Crippen LogP contribution in [0.3, 0.4) is 0 Å². The van der Waals surface area contributed by atoms with E-state index in [4.69, 9.17) is 0 Å². The van der Waals surface area contributed by atoms with Crippen LogP contribution in [0, 0.1) is 5.92 Å². The number of fused-ring (bicyclic) bond motifs is 1. The van der Waals surface area contributed by atoms with Gasteiger partial charge < -0.3 is 19.9 Å². The molecule has 0 aromatic heterocycles. The number of carbonyl (C=O) groups excluding carboxylic acids is 2. The summed E-state index contributed by atoms with van der Waals surface area (Å²) in [5, 5.41) is 21.3. The Kier molecular flexibility index (Phi) is 6.39. The Labute approximate surface area is 151 Å². The van der Waals surface area contributed by atoms with Gasteiger partial charge in [-0.1, -0.05) is 13.3 Å². The molecule has 1 amide bonds. The number of aliphatic carboxylic acids is 1. The molecule has 1 fully saturated rings. The SMILES string of the molecule is CCCCSC1=C(C(=O)[O-])N2C(=O)C(C(C)(C)O)C2C1.[Na+]. The smallest absolute Gasteiger partial charge is 0.543 e. The van der Waals surface area contributed by atoms with Gasteiger partial charge in [0.05, 0.1) is 29.2 Å². The van der Waals surface area contributed by atoms with Gasteiger partial charge in [-0.3, -0.25) is 4.79 Å². The first-order chi connectivity index (χ1) is 9.29. The summed E-state index contributed by atoms with van der Waals surface area (Å²) < 4.78 is 0. The Morgan fingerprint density at radius 1 is 1.52 bits per heavy atom. The molecule has 2 heterocycles. The molecule has 21 heavy (non-hydrogen) atoms. The Morgan fingerprint density at radius 2 is 2.14 bits per heavy atom. The van der Waals surface area contributed by atoms with E-state index in [-0.39, 0.29) is 47.2 Å².